The van der Waals surface area contributed by atoms with E-state index in [1.54, 1.807) is 48.7 Å². The van der Waals surface area contributed by atoms with E-state index in [4.69, 9.17) is 4.42 Å². The monoisotopic (exact) mass is 476 g/mol. The van der Waals surface area contributed by atoms with Gasteiger partial charge in [-0.25, -0.2) is 9.78 Å². The molecule has 0 spiro atoms. The highest BCUT2D eigenvalue weighted by atomic mass is 79.9. The second-order valence-electron chi connectivity index (χ2n) is 6.61. The number of nitrogens with zero attached hydrogens (tertiary/aromatic N) is 1. The molecule has 4 aromatic rings. The highest BCUT2D eigenvalue weighted by molar-refractivity contribution is 9.10. The van der Waals surface area contributed by atoms with E-state index in [0.717, 1.165) is 10.0 Å². The van der Waals surface area contributed by atoms with Crippen LogP contribution in [-0.2, 0) is 4.74 Å². The van der Waals surface area contributed by atoms with Crippen LogP contribution in [0, 0.1) is 0 Å². The van der Waals surface area contributed by atoms with Crippen LogP contribution in [0.3, 0.4) is 0 Å². The summed E-state index contributed by atoms with van der Waals surface area (Å²) in [5.74, 6) is 0.198. The number of carbonyl (C=O) groups is 2. The number of halogens is 1. The Morgan fingerprint density at radius 2 is 1.77 bits per heavy atom. The van der Waals surface area contributed by atoms with Gasteiger partial charge >= 0.3 is 5.97 Å². The average molecular weight is 477 g/mol. The summed E-state index contributed by atoms with van der Waals surface area (Å²) in [6.45, 7) is 0. The number of rotatable bonds is 5. The topological polar surface area (TPSA) is 81.4 Å². The van der Waals surface area contributed by atoms with E-state index in [9.17, 15) is 9.59 Å². The van der Waals surface area contributed by atoms with Crippen LogP contribution in [0.2, 0.25) is 0 Å². The van der Waals surface area contributed by atoms with Gasteiger partial charge in [-0.1, -0.05) is 40.2 Å². The van der Waals surface area contributed by atoms with E-state index >= 15 is 0 Å². The standard InChI is InChI=1S/C24H17BrN2O4/c1-30-24(29)15-9-11-18(12-10-15)27-22(28)19-7-2-3-8-20(19)23-26-14-21(31-23)16-5-4-6-17(25)13-16/h2-14H,1H3,(H,27,28). The lowest BCUT2D eigenvalue weighted by molar-refractivity contribution is 0.0600. The Morgan fingerprint density at radius 1 is 1.00 bits per heavy atom. The minimum absolute atomic E-state index is 0.316. The van der Waals surface area contributed by atoms with Gasteiger partial charge in [0.25, 0.3) is 5.91 Å². The van der Waals surface area contributed by atoms with Gasteiger partial charge in [-0.3, -0.25) is 4.79 Å². The van der Waals surface area contributed by atoms with Gasteiger partial charge in [0.05, 0.1) is 24.4 Å². The first kappa shape index (κ1) is 20.6. The highest BCUT2D eigenvalue weighted by Crippen LogP contribution is 2.30. The molecule has 1 amide bonds. The van der Waals surface area contributed by atoms with Crippen LogP contribution in [-0.4, -0.2) is 24.0 Å². The van der Waals surface area contributed by atoms with Crippen LogP contribution >= 0.6 is 15.9 Å². The van der Waals surface area contributed by atoms with E-state index in [1.807, 2.05) is 30.3 Å². The summed E-state index contributed by atoms with van der Waals surface area (Å²) >= 11 is 3.45. The molecule has 3 aromatic carbocycles. The Kier molecular flexibility index (Phi) is 5.95. The summed E-state index contributed by atoms with van der Waals surface area (Å²) in [6, 6.07) is 21.2. The van der Waals surface area contributed by atoms with E-state index in [-0.39, 0.29) is 5.91 Å². The number of anilines is 1. The maximum Gasteiger partial charge on any atom is 0.337 e. The lowest BCUT2D eigenvalue weighted by atomic mass is 10.1. The lowest BCUT2D eigenvalue weighted by Gasteiger charge is -2.09. The first-order chi connectivity index (χ1) is 15.0. The minimum Gasteiger partial charge on any atom is -0.465 e. The molecule has 1 heterocycles. The van der Waals surface area contributed by atoms with Gasteiger partial charge in [-0.2, -0.15) is 0 Å². The normalized spacial score (nSPS) is 10.5. The van der Waals surface area contributed by atoms with Crippen LogP contribution in [0.1, 0.15) is 20.7 Å². The molecule has 0 saturated carbocycles. The van der Waals surface area contributed by atoms with Crippen molar-refractivity contribution in [2.75, 3.05) is 12.4 Å². The fourth-order valence-electron chi connectivity index (χ4n) is 3.05. The van der Waals surface area contributed by atoms with Crippen molar-refractivity contribution in [2.24, 2.45) is 0 Å². The minimum atomic E-state index is -0.437. The van der Waals surface area contributed by atoms with Crippen LogP contribution in [0.4, 0.5) is 5.69 Å². The van der Waals surface area contributed by atoms with Crippen molar-refractivity contribution in [1.82, 2.24) is 4.98 Å². The summed E-state index contributed by atoms with van der Waals surface area (Å²) in [6.07, 6.45) is 1.64. The van der Waals surface area contributed by atoms with Crippen LogP contribution in [0.25, 0.3) is 22.8 Å². The third-order valence-electron chi connectivity index (χ3n) is 4.58. The number of carbonyl (C=O) groups excluding carboxylic acids is 2. The number of methoxy groups -OCH3 is 1. The lowest BCUT2D eigenvalue weighted by Crippen LogP contribution is -2.13. The fourth-order valence-corrected chi connectivity index (χ4v) is 3.45. The zero-order valence-electron chi connectivity index (χ0n) is 16.5. The highest BCUT2D eigenvalue weighted by Gasteiger charge is 2.17. The molecule has 0 aliphatic rings. The van der Waals surface area contributed by atoms with E-state index < -0.39 is 5.97 Å². The molecule has 6 nitrogen and oxygen atoms in total. The molecule has 0 aliphatic carbocycles. The Morgan fingerprint density at radius 3 is 2.52 bits per heavy atom. The van der Waals surface area contributed by atoms with E-state index in [1.165, 1.54) is 7.11 Å². The summed E-state index contributed by atoms with van der Waals surface area (Å²) in [5, 5.41) is 2.83. The van der Waals surface area contributed by atoms with Crippen LogP contribution < -0.4 is 5.32 Å². The predicted octanol–water partition coefficient (Wildman–Crippen LogP) is 5.81. The van der Waals surface area contributed by atoms with Crippen molar-refractivity contribution >= 4 is 33.5 Å². The molecule has 0 unspecified atom stereocenters. The van der Waals surface area contributed by atoms with Gasteiger partial charge in [0.1, 0.15) is 0 Å². The second-order valence-corrected chi connectivity index (χ2v) is 7.52. The average Bonchev–Trinajstić information content (AvgIpc) is 3.29. The zero-order chi connectivity index (χ0) is 21.8. The number of oxazole rings is 1. The predicted molar refractivity (Wildman–Crippen MR) is 121 cm³/mol. The van der Waals surface area contributed by atoms with Crippen molar-refractivity contribution < 1.29 is 18.7 Å². The number of amides is 1. The quantitative estimate of drug-likeness (QED) is 0.367. The van der Waals surface area contributed by atoms with Crippen LogP contribution in [0.5, 0.6) is 0 Å². The molecular formula is C24H17BrN2O4. The van der Waals surface area contributed by atoms with E-state index in [0.29, 0.717) is 34.0 Å². The summed E-state index contributed by atoms with van der Waals surface area (Å²) < 4.78 is 11.6. The van der Waals surface area contributed by atoms with Crippen molar-refractivity contribution in [3.8, 4) is 22.8 Å². The molecule has 0 atom stereocenters. The Hall–Kier alpha value is -3.71. The van der Waals surface area contributed by atoms with E-state index in [2.05, 4.69) is 31.0 Å². The third-order valence-corrected chi connectivity index (χ3v) is 5.07. The number of aromatic nitrogens is 1. The first-order valence-corrected chi connectivity index (χ1v) is 10.2. The molecule has 0 fully saturated rings. The molecular weight excluding hydrogens is 460 g/mol. The molecule has 31 heavy (non-hydrogen) atoms. The number of hydrogen-bond donors (Lipinski definition) is 1. The summed E-state index contributed by atoms with van der Waals surface area (Å²) in [7, 11) is 1.32. The molecule has 0 aliphatic heterocycles. The molecule has 0 radical (unpaired) electrons. The smallest absolute Gasteiger partial charge is 0.337 e. The Bertz CT molecular complexity index is 1250. The zero-order valence-corrected chi connectivity index (χ0v) is 18.0. The molecule has 4 rings (SSSR count). The molecule has 0 bridgehead atoms. The summed E-state index contributed by atoms with van der Waals surface area (Å²) in [4.78, 5) is 28.9. The maximum absolute atomic E-state index is 12.9. The van der Waals surface area contributed by atoms with Crippen molar-refractivity contribution in [3.63, 3.8) is 0 Å². The Balaban J connectivity index is 1.59. The van der Waals surface area contributed by atoms with Crippen molar-refractivity contribution in [1.29, 1.82) is 0 Å². The van der Waals surface area contributed by atoms with Crippen LogP contribution in [0.15, 0.2) is 87.9 Å². The van der Waals surface area contributed by atoms with Gasteiger partial charge in [-0.15, -0.1) is 0 Å². The largest absolute Gasteiger partial charge is 0.465 e. The van der Waals surface area contributed by atoms with Crippen molar-refractivity contribution in [2.45, 2.75) is 0 Å². The van der Waals surface area contributed by atoms with Gasteiger partial charge in [0.2, 0.25) is 5.89 Å². The van der Waals surface area contributed by atoms with Gasteiger partial charge in [0.15, 0.2) is 5.76 Å². The number of hydrogen-bond acceptors (Lipinski definition) is 5. The number of esters is 1. The molecule has 154 valence electrons. The molecule has 0 saturated heterocycles. The van der Waals surface area contributed by atoms with Crippen molar-refractivity contribution in [3.05, 3.63) is 94.6 Å². The Labute approximate surface area is 187 Å². The molecule has 1 aromatic heterocycles. The summed E-state index contributed by atoms with van der Waals surface area (Å²) in [5.41, 5.74) is 2.82. The SMILES string of the molecule is COC(=O)c1ccc(NC(=O)c2ccccc2-c2ncc(-c3cccc(Br)c3)o2)cc1. The van der Waals surface area contributed by atoms with Gasteiger partial charge in [-0.05, 0) is 48.5 Å². The van der Waals surface area contributed by atoms with Gasteiger partial charge < -0.3 is 14.5 Å². The number of nitrogens with one attached hydrogen (secondary N) is 1. The second kappa shape index (κ2) is 8.97. The molecule has 1 N–H and O–H groups in total. The first-order valence-electron chi connectivity index (χ1n) is 9.36. The molecule has 7 heteroatoms. The number of ether oxygens (including phenoxy) is 1. The fraction of sp³-hybridized carbons (Fsp3) is 0.0417. The number of benzene rings is 3. The van der Waals surface area contributed by atoms with Gasteiger partial charge in [0, 0.05) is 21.3 Å². The third kappa shape index (κ3) is 4.57. The maximum atomic E-state index is 12.9.